The van der Waals surface area contributed by atoms with Gasteiger partial charge in [0, 0.05) is 26.4 Å². The van der Waals surface area contributed by atoms with E-state index in [9.17, 15) is 24.0 Å². The summed E-state index contributed by atoms with van der Waals surface area (Å²) in [7, 11) is 0. The molecule has 0 aliphatic carbocycles. The fraction of sp³-hybridized carbons (Fsp3) is 0.522. The minimum Gasteiger partial charge on any atom is -0.368 e. The second kappa shape index (κ2) is 10.9. The second-order valence-corrected chi connectivity index (χ2v) is 8.49. The average Bonchev–Trinajstić information content (AvgIpc) is 3.47. The molecule has 178 valence electrons. The van der Waals surface area contributed by atoms with Crippen LogP contribution in [0.25, 0.3) is 0 Å². The van der Waals surface area contributed by atoms with Crippen molar-refractivity contribution in [3.63, 3.8) is 0 Å². The van der Waals surface area contributed by atoms with Crippen LogP contribution in [0, 0.1) is 0 Å². The third kappa shape index (κ3) is 6.09. The van der Waals surface area contributed by atoms with Gasteiger partial charge in [-0.2, -0.15) is 0 Å². The summed E-state index contributed by atoms with van der Waals surface area (Å²) >= 11 is 0. The van der Waals surface area contributed by atoms with Crippen LogP contribution >= 0.6 is 0 Å². The highest BCUT2D eigenvalue weighted by Gasteiger charge is 2.37. The van der Waals surface area contributed by atoms with E-state index in [1.54, 1.807) is 0 Å². The lowest BCUT2D eigenvalue weighted by atomic mass is 10.0. The molecule has 2 saturated heterocycles. The predicted molar refractivity (Wildman–Crippen MR) is 119 cm³/mol. The van der Waals surface area contributed by atoms with E-state index in [1.165, 1.54) is 16.7 Å². The first-order valence-corrected chi connectivity index (χ1v) is 11.3. The topological polar surface area (TPSA) is 142 Å². The van der Waals surface area contributed by atoms with E-state index in [2.05, 4.69) is 10.6 Å². The van der Waals surface area contributed by atoms with Crippen LogP contribution in [0.4, 0.5) is 0 Å². The molecule has 1 aromatic rings. The van der Waals surface area contributed by atoms with Gasteiger partial charge in [0.1, 0.15) is 18.1 Å². The van der Waals surface area contributed by atoms with Crippen molar-refractivity contribution in [3.8, 4) is 0 Å². The zero-order chi connectivity index (χ0) is 24.0. The SMILES string of the molecule is CC(=O)N1CCC[C@H]1C(=O)NCC(=O)N1CCC[C@H]1C(=O)N[C@@H](Cc1ccccc1)C(N)=O. The summed E-state index contributed by atoms with van der Waals surface area (Å²) < 4.78 is 0. The van der Waals surface area contributed by atoms with Gasteiger partial charge in [0.15, 0.2) is 0 Å². The van der Waals surface area contributed by atoms with E-state index in [1.807, 2.05) is 30.3 Å². The van der Waals surface area contributed by atoms with Gasteiger partial charge in [0.05, 0.1) is 6.54 Å². The standard InChI is InChI=1S/C23H31N5O5/c1-15(29)27-11-5-9-18(27)22(32)25-14-20(30)28-12-6-10-19(28)23(33)26-17(21(24)31)13-16-7-3-2-4-8-16/h2-4,7-8,17-19H,5-6,9-14H2,1H3,(H2,24,31)(H,25,32)(H,26,33)/t17-,18-,19-/m0/s1. The summed E-state index contributed by atoms with van der Waals surface area (Å²) in [5, 5.41) is 5.29. The minimum absolute atomic E-state index is 0.172. The van der Waals surface area contributed by atoms with Crippen LogP contribution in [0.2, 0.25) is 0 Å². The number of primary amides is 1. The maximum Gasteiger partial charge on any atom is 0.243 e. The molecule has 0 saturated carbocycles. The van der Waals surface area contributed by atoms with Crippen molar-refractivity contribution >= 4 is 29.5 Å². The molecule has 33 heavy (non-hydrogen) atoms. The van der Waals surface area contributed by atoms with Gasteiger partial charge in [-0.3, -0.25) is 24.0 Å². The van der Waals surface area contributed by atoms with Crippen LogP contribution in [0.3, 0.4) is 0 Å². The molecule has 10 nitrogen and oxygen atoms in total. The lowest BCUT2D eigenvalue weighted by Gasteiger charge is -2.27. The summed E-state index contributed by atoms with van der Waals surface area (Å²) in [5.74, 6) is -2.01. The fourth-order valence-corrected chi connectivity index (χ4v) is 4.48. The molecule has 3 atom stereocenters. The third-order valence-corrected chi connectivity index (χ3v) is 6.19. The van der Waals surface area contributed by atoms with E-state index in [0.29, 0.717) is 32.4 Å². The van der Waals surface area contributed by atoms with E-state index in [4.69, 9.17) is 5.73 Å². The number of amides is 5. The Hall–Kier alpha value is -3.43. The van der Waals surface area contributed by atoms with Crippen LogP contribution < -0.4 is 16.4 Å². The molecular formula is C23H31N5O5. The number of nitrogens with one attached hydrogen (secondary N) is 2. The molecule has 2 fully saturated rings. The lowest BCUT2D eigenvalue weighted by Crippen LogP contribution is -2.54. The van der Waals surface area contributed by atoms with Crippen molar-refractivity contribution in [3.05, 3.63) is 35.9 Å². The Morgan fingerprint density at radius 3 is 2.18 bits per heavy atom. The number of likely N-dealkylation sites (tertiary alicyclic amines) is 2. The highest BCUT2D eigenvalue weighted by atomic mass is 16.2. The Labute approximate surface area is 192 Å². The van der Waals surface area contributed by atoms with E-state index >= 15 is 0 Å². The second-order valence-electron chi connectivity index (χ2n) is 8.49. The van der Waals surface area contributed by atoms with Crippen molar-refractivity contribution in [1.82, 2.24) is 20.4 Å². The molecule has 1 aromatic carbocycles. The Morgan fingerprint density at radius 1 is 0.970 bits per heavy atom. The fourth-order valence-electron chi connectivity index (χ4n) is 4.48. The predicted octanol–water partition coefficient (Wildman–Crippen LogP) is -0.683. The zero-order valence-electron chi connectivity index (χ0n) is 18.8. The van der Waals surface area contributed by atoms with Gasteiger partial charge in [0.25, 0.3) is 0 Å². The molecule has 0 bridgehead atoms. The summed E-state index contributed by atoms with van der Waals surface area (Å²) in [4.78, 5) is 64.6. The molecule has 4 N–H and O–H groups in total. The zero-order valence-corrected chi connectivity index (χ0v) is 18.8. The minimum atomic E-state index is -0.892. The summed E-state index contributed by atoms with van der Waals surface area (Å²) in [6, 6.07) is 7.02. The molecule has 10 heteroatoms. The number of carbonyl (C=O) groups excluding carboxylic acids is 5. The molecule has 3 rings (SSSR count). The molecule has 0 radical (unpaired) electrons. The molecule has 5 amide bonds. The number of hydrogen-bond donors (Lipinski definition) is 3. The Morgan fingerprint density at radius 2 is 1.58 bits per heavy atom. The van der Waals surface area contributed by atoms with Gasteiger partial charge >= 0.3 is 0 Å². The maximum atomic E-state index is 12.9. The molecule has 0 aromatic heterocycles. The van der Waals surface area contributed by atoms with Gasteiger partial charge in [-0.15, -0.1) is 0 Å². The number of nitrogens with zero attached hydrogens (tertiary/aromatic N) is 2. The van der Waals surface area contributed by atoms with Gasteiger partial charge in [-0.1, -0.05) is 30.3 Å². The Kier molecular flexibility index (Phi) is 8.02. The van der Waals surface area contributed by atoms with Crippen LogP contribution in [0.5, 0.6) is 0 Å². The summed E-state index contributed by atoms with van der Waals surface area (Å²) in [5.41, 5.74) is 6.35. The smallest absolute Gasteiger partial charge is 0.243 e. The monoisotopic (exact) mass is 457 g/mol. The average molecular weight is 458 g/mol. The molecule has 2 heterocycles. The van der Waals surface area contributed by atoms with Crippen molar-refractivity contribution in [2.75, 3.05) is 19.6 Å². The highest BCUT2D eigenvalue weighted by Crippen LogP contribution is 2.19. The van der Waals surface area contributed by atoms with Crippen LogP contribution in [-0.4, -0.2) is 77.1 Å². The number of nitrogens with two attached hydrogens (primary N) is 1. The maximum absolute atomic E-state index is 12.9. The van der Waals surface area contributed by atoms with Gasteiger partial charge in [-0.05, 0) is 31.2 Å². The van der Waals surface area contributed by atoms with Crippen LogP contribution in [0.15, 0.2) is 30.3 Å². The van der Waals surface area contributed by atoms with Crippen molar-refractivity contribution in [2.45, 2.75) is 57.2 Å². The molecule has 2 aliphatic rings. The highest BCUT2D eigenvalue weighted by molar-refractivity contribution is 5.94. The first kappa shape index (κ1) is 24.2. The van der Waals surface area contributed by atoms with E-state index < -0.39 is 29.9 Å². The largest absolute Gasteiger partial charge is 0.368 e. The van der Waals surface area contributed by atoms with Crippen LogP contribution in [-0.2, 0) is 30.4 Å². The first-order chi connectivity index (χ1) is 15.8. The molecule has 2 aliphatic heterocycles. The molecular weight excluding hydrogens is 426 g/mol. The quantitative estimate of drug-likeness (QED) is 0.474. The van der Waals surface area contributed by atoms with Gasteiger partial charge < -0.3 is 26.2 Å². The first-order valence-electron chi connectivity index (χ1n) is 11.3. The van der Waals surface area contributed by atoms with Crippen molar-refractivity contribution in [2.24, 2.45) is 5.73 Å². The Bertz CT molecular complexity index is 906. The number of carbonyl (C=O) groups is 5. The van der Waals surface area contributed by atoms with E-state index in [0.717, 1.165) is 12.0 Å². The van der Waals surface area contributed by atoms with Crippen LogP contribution in [0.1, 0.15) is 38.2 Å². The van der Waals surface area contributed by atoms with Crippen molar-refractivity contribution in [1.29, 1.82) is 0 Å². The van der Waals surface area contributed by atoms with E-state index in [-0.39, 0.29) is 30.7 Å². The third-order valence-electron chi connectivity index (χ3n) is 6.19. The summed E-state index contributed by atoms with van der Waals surface area (Å²) in [6.45, 7) is 2.07. The molecule has 0 spiro atoms. The number of rotatable bonds is 8. The van der Waals surface area contributed by atoms with Gasteiger partial charge in [0.2, 0.25) is 29.5 Å². The lowest BCUT2D eigenvalue weighted by molar-refractivity contribution is -0.140. The Balaban J connectivity index is 1.56. The van der Waals surface area contributed by atoms with Crippen molar-refractivity contribution < 1.29 is 24.0 Å². The van der Waals surface area contributed by atoms with Gasteiger partial charge in [-0.25, -0.2) is 0 Å². The summed E-state index contributed by atoms with van der Waals surface area (Å²) in [6.07, 6.45) is 2.66. The molecule has 0 unspecified atom stereocenters. The number of hydrogen-bond acceptors (Lipinski definition) is 5. The number of benzene rings is 1. The normalized spacial score (nSPS) is 20.9.